The Labute approximate surface area is 190 Å². The predicted molar refractivity (Wildman–Crippen MR) is 126 cm³/mol. The molecule has 0 saturated carbocycles. The van der Waals surface area contributed by atoms with Crippen LogP contribution in [0.25, 0.3) is 0 Å². The molecular weight excluding hydrogens is 424 g/mol. The van der Waals surface area contributed by atoms with Gasteiger partial charge in [-0.05, 0) is 54.3 Å². The summed E-state index contributed by atoms with van der Waals surface area (Å²) in [6.07, 6.45) is 0. The number of carbonyl (C=O) groups is 3. The lowest BCUT2D eigenvalue weighted by atomic mass is 10.1. The van der Waals surface area contributed by atoms with Gasteiger partial charge in [0.1, 0.15) is 0 Å². The van der Waals surface area contributed by atoms with E-state index in [1.165, 1.54) is 11.3 Å². The Morgan fingerprint density at radius 2 is 1.50 bits per heavy atom. The fourth-order valence-electron chi connectivity index (χ4n) is 3.55. The fourth-order valence-corrected chi connectivity index (χ4v) is 4.17. The average Bonchev–Trinajstić information content (AvgIpc) is 3.34. The van der Waals surface area contributed by atoms with E-state index in [0.29, 0.717) is 42.3 Å². The Balaban J connectivity index is 1.33. The van der Waals surface area contributed by atoms with Gasteiger partial charge < -0.3 is 20.4 Å². The molecule has 1 aliphatic heterocycles. The highest BCUT2D eigenvalue weighted by molar-refractivity contribution is 7.12. The first-order valence-corrected chi connectivity index (χ1v) is 11.2. The number of nitrogens with one attached hydrogen (secondary N) is 2. The summed E-state index contributed by atoms with van der Waals surface area (Å²) in [7, 11) is 0. The third kappa shape index (κ3) is 5.15. The second-order valence-electron chi connectivity index (χ2n) is 7.59. The van der Waals surface area contributed by atoms with Crippen LogP contribution in [0.5, 0.6) is 0 Å². The fraction of sp³-hybridized carbons (Fsp3) is 0.208. The Kier molecular flexibility index (Phi) is 6.51. The van der Waals surface area contributed by atoms with E-state index in [-0.39, 0.29) is 17.8 Å². The van der Waals surface area contributed by atoms with Gasteiger partial charge in [0, 0.05) is 43.1 Å². The highest BCUT2D eigenvalue weighted by Gasteiger charge is 2.25. The molecule has 0 spiro atoms. The van der Waals surface area contributed by atoms with Gasteiger partial charge in [-0.2, -0.15) is 0 Å². The van der Waals surface area contributed by atoms with Crippen molar-refractivity contribution in [3.63, 3.8) is 0 Å². The Hall–Kier alpha value is -3.65. The smallest absolute Gasteiger partial charge is 0.321 e. The number of nitrogens with zero attached hydrogens (tertiary/aromatic N) is 2. The molecule has 0 bridgehead atoms. The lowest BCUT2D eigenvalue weighted by molar-refractivity contribution is 0.0671. The largest absolute Gasteiger partial charge is 0.335 e. The molecule has 1 aromatic heterocycles. The first kappa shape index (κ1) is 21.6. The molecule has 1 aliphatic rings. The van der Waals surface area contributed by atoms with Gasteiger partial charge in [0.15, 0.2) is 0 Å². The van der Waals surface area contributed by atoms with E-state index in [2.05, 4.69) is 10.6 Å². The molecule has 0 unspecified atom stereocenters. The average molecular weight is 449 g/mol. The molecule has 4 rings (SSSR count). The van der Waals surface area contributed by atoms with Crippen LogP contribution in [0.3, 0.4) is 0 Å². The van der Waals surface area contributed by atoms with Gasteiger partial charge in [-0.1, -0.05) is 24.3 Å². The van der Waals surface area contributed by atoms with E-state index in [4.69, 9.17) is 0 Å². The van der Waals surface area contributed by atoms with E-state index in [1.54, 1.807) is 40.1 Å². The summed E-state index contributed by atoms with van der Waals surface area (Å²) in [4.78, 5) is 41.8. The van der Waals surface area contributed by atoms with E-state index >= 15 is 0 Å². The zero-order valence-electron chi connectivity index (χ0n) is 17.7. The number of piperazine rings is 1. The topological polar surface area (TPSA) is 81.8 Å². The number of rotatable bonds is 4. The lowest BCUT2D eigenvalue weighted by Crippen LogP contribution is -2.51. The van der Waals surface area contributed by atoms with Crippen molar-refractivity contribution < 1.29 is 14.4 Å². The maximum Gasteiger partial charge on any atom is 0.321 e. The zero-order valence-corrected chi connectivity index (χ0v) is 18.5. The van der Waals surface area contributed by atoms with Crippen molar-refractivity contribution in [2.75, 3.05) is 36.8 Å². The van der Waals surface area contributed by atoms with Gasteiger partial charge in [0.05, 0.1) is 4.88 Å². The van der Waals surface area contributed by atoms with Crippen molar-refractivity contribution >= 4 is 40.6 Å². The number of thiophene rings is 1. The molecule has 8 heteroatoms. The molecule has 164 valence electrons. The molecule has 0 atom stereocenters. The summed E-state index contributed by atoms with van der Waals surface area (Å²) in [6, 6.07) is 18.0. The minimum atomic E-state index is -0.196. The van der Waals surface area contributed by atoms with Crippen molar-refractivity contribution in [3.8, 4) is 0 Å². The van der Waals surface area contributed by atoms with Crippen LogP contribution in [0, 0.1) is 6.92 Å². The first-order valence-electron chi connectivity index (χ1n) is 10.4. The monoisotopic (exact) mass is 448 g/mol. The SMILES string of the molecule is Cc1cccc(NC(=O)N2CCN(C(=O)c3cccc(NC(=O)c4cccs4)c3)CC2)c1. The molecule has 0 radical (unpaired) electrons. The molecule has 3 aromatic rings. The summed E-state index contributed by atoms with van der Waals surface area (Å²) in [5.41, 5.74) is 2.92. The van der Waals surface area contributed by atoms with E-state index in [0.717, 1.165) is 11.3 Å². The summed E-state index contributed by atoms with van der Waals surface area (Å²) in [5, 5.41) is 7.58. The summed E-state index contributed by atoms with van der Waals surface area (Å²) in [6.45, 7) is 3.79. The maximum absolute atomic E-state index is 13.0. The standard InChI is InChI=1S/C24H24N4O3S/c1-17-5-2-7-19(15-17)26-24(31)28-12-10-27(11-13-28)23(30)18-6-3-8-20(16-18)25-22(29)21-9-4-14-32-21/h2-9,14-16H,10-13H2,1H3,(H,25,29)(H,26,31). The van der Waals surface area contributed by atoms with E-state index < -0.39 is 0 Å². The zero-order chi connectivity index (χ0) is 22.5. The van der Waals surface area contributed by atoms with Crippen LogP contribution < -0.4 is 10.6 Å². The number of anilines is 2. The number of hydrogen-bond donors (Lipinski definition) is 2. The van der Waals surface area contributed by atoms with Gasteiger partial charge in [-0.3, -0.25) is 9.59 Å². The number of amides is 4. The minimum absolute atomic E-state index is 0.115. The first-order chi connectivity index (χ1) is 15.5. The van der Waals surface area contributed by atoms with Gasteiger partial charge in [-0.25, -0.2) is 4.79 Å². The van der Waals surface area contributed by atoms with Crippen LogP contribution in [-0.4, -0.2) is 53.8 Å². The minimum Gasteiger partial charge on any atom is -0.335 e. The molecule has 7 nitrogen and oxygen atoms in total. The molecule has 1 fully saturated rings. The van der Waals surface area contributed by atoms with Gasteiger partial charge >= 0.3 is 6.03 Å². The van der Waals surface area contributed by atoms with Crippen molar-refractivity contribution in [2.24, 2.45) is 0 Å². The lowest BCUT2D eigenvalue weighted by Gasteiger charge is -2.34. The summed E-state index contributed by atoms with van der Waals surface area (Å²) < 4.78 is 0. The number of carbonyl (C=O) groups excluding carboxylic acids is 3. The van der Waals surface area contributed by atoms with Crippen LogP contribution in [0.4, 0.5) is 16.2 Å². The summed E-state index contributed by atoms with van der Waals surface area (Å²) in [5.74, 6) is -0.311. The van der Waals surface area contributed by atoms with E-state index in [9.17, 15) is 14.4 Å². The Morgan fingerprint density at radius 1 is 0.812 bits per heavy atom. The number of hydrogen-bond acceptors (Lipinski definition) is 4. The summed E-state index contributed by atoms with van der Waals surface area (Å²) >= 11 is 1.36. The van der Waals surface area contributed by atoms with Crippen molar-refractivity contribution in [2.45, 2.75) is 6.92 Å². The molecule has 0 aliphatic carbocycles. The van der Waals surface area contributed by atoms with Crippen LogP contribution in [-0.2, 0) is 0 Å². The molecule has 2 heterocycles. The highest BCUT2D eigenvalue weighted by Crippen LogP contribution is 2.17. The Bertz CT molecular complexity index is 1120. The second-order valence-corrected chi connectivity index (χ2v) is 8.54. The predicted octanol–water partition coefficient (Wildman–Crippen LogP) is 4.30. The quantitative estimate of drug-likeness (QED) is 0.624. The van der Waals surface area contributed by atoms with Gasteiger partial charge in [0.2, 0.25) is 0 Å². The van der Waals surface area contributed by atoms with Gasteiger partial charge in [-0.15, -0.1) is 11.3 Å². The number of benzene rings is 2. The van der Waals surface area contributed by atoms with Crippen LogP contribution in [0.2, 0.25) is 0 Å². The highest BCUT2D eigenvalue weighted by atomic mass is 32.1. The van der Waals surface area contributed by atoms with Crippen molar-refractivity contribution in [1.82, 2.24) is 9.80 Å². The third-order valence-electron chi connectivity index (χ3n) is 5.24. The molecular formula is C24H24N4O3S. The maximum atomic E-state index is 13.0. The van der Waals surface area contributed by atoms with Crippen LogP contribution >= 0.6 is 11.3 Å². The van der Waals surface area contributed by atoms with Crippen molar-refractivity contribution in [3.05, 3.63) is 82.0 Å². The second kappa shape index (κ2) is 9.65. The van der Waals surface area contributed by atoms with Gasteiger partial charge in [0.25, 0.3) is 11.8 Å². The Morgan fingerprint density at radius 3 is 2.19 bits per heavy atom. The van der Waals surface area contributed by atoms with Crippen molar-refractivity contribution in [1.29, 1.82) is 0 Å². The van der Waals surface area contributed by atoms with Crippen LogP contribution in [0.1, 0.15) is 25.6 Å². The third-order valence-corrected chi connectivity index (χ3v) is 6.10. The normalized spacial score (nSPS) is 13.5. The molecule has 4 amide bonds. The number of aryl methyl sites for hydroxylation is 1. The number of urea groups is 1. The van der Waals surface area contributed by atoms with E-state index in [1.807, 2.05) is 42.6 Å². The molecule has 32 heavy (non-hydrogen) atoms. The molecule has 2 N–H and O–H groups in total. The molecule has 2 aromatic carbocycles. The molecule has 1 saturated heterocycles. The van der Waals surface area contributed by atoms with Crippen LogP contribution in [0.15, 0.2) is 66.0 Å².